The van der Waals surface area contributed by atoms with Gasteiger partial charge in [0.25, 0.3) is 5.91 Å². The molecule has 1 aliphatic rings. The molecule has 1 fully saturated rings. The summed E-state index contributed by atoms with van der Waals surface area (Å²) in [5.74, 6) is 0.259. The summed E-state index contributed by atoms with van der Waals surface area (Å²) in [6.45, 7) is 0.736. The van der Waals surface area contributed by atoms with Gasteiger partial charge in [-0.05, 0) is 18.6 Å². The van der Waals surface area contributed by atoms with Crippen LogP contribution in [0.3, 0.4) is 0 Å². The fraction of sp³-hybridized carbons (Fsp3) is 0.455. The molecule has 1 unspecified atom stereocenters. The molecular formula is C11H15N5O2. The molecule has 7 heteroatoms. The van der Waals surface area contributed by atoms with Crippen LogP contribution in [-0.4, -0.2) is 53.6 Å². The highest BCUT2D eigenvalue weighted by molar-refractivity contribution is 5.92. The Morgan fingerprint density at radius 2 is 2.22 bits per heavy atom. The molecule has 0 spiro atoms. The van der Waals surface area contributed by atoms with E-state index in [9.17, 15) is 9.59 Å². The molecule has 96 valence electrons. The molecule has 1 aliphatic heterocycles. The SMILES string of the molecule is CNC(=O)c1ccc(NC2CCN(C)C2=O)nn1. The normalized spacial score (nSPS) is 18.9. The van der Waals surface area contributed by atoms with Gasteiger partial charge in [0.05, 0.1) is 0 Å². The van der Waals surface area contributed by atoms with Crippen LogP contribution in [-0.2, 0) is 4.79 Å². The third-order valence-electron chi connectivity index (χ3n) is 2.87. The molecule has 0 radical (unpaired) electrons. The Labute approximate surface area is 105 Å². The maximum atomic E-state index is 11.7. The second-order valence-electron chi connectivity index (χ2n) is 4.13. The Morgan fingerprint density at radius 1 is 1.44 bits per heavy atom. The molecule has 18 heavy (non-hydrogen) atoms. The molecule has 2 N–H and O–H groups in total. The number of hydrogen-bond donors (Lipinski definition) is 2. The maximum Gasteiger partial charge on any atom is 0.271 e. The standard InChI is InChI=1S/C11H15N5O2/c1-12-10(17)7-3-4-9(15-14-7)13-8-5-6-16(2)11(8)18/h3-4,8H,5-6H2,1-2H3,(H,12,17)(H,13,15). The summed E-state index contributed by atoms with van der Waals surface area (Å²) >= 11 is 0. The molecule has 1 aromatic heterocycles. The highest BCUT2D eigenvalue weighted by Gasteiger charge is 2.29. The summed E-state index contributed by atoms with van der Waals surface area (Å²) in [6, 6.07) is 2.95. The van der Waals surface area contributed by atoms with Gasteiger partial charge in [-0.1, -0.05) is 0 Å². The molecule has 2 rings (SSSR count). The number of nitrogens with one attached hydrogen (secondary N) is 2. The minimum absolute atomic E-state index is 0.0483. The quantitative estimate of drug-likeness (QED) is 0.752. The highest BCUT2D eigenvalue weighted by Crippen LogP contribution is 2.13. The van der Waals surface area contributed by atoms with Crippen molar-refractivity contribution in [3.63, 3.8) is 0 Å². The van der Waals surface area contributed by atoms with Crippen molar-refractivity contribution < 1.29 is 9.59 Å². The number of anilines is 1. The molecular weight excluding hydrogens is 234 g/mol. The van der Waals surface area contributed by atoms with E-state index in [-0.39, 0.29) is 23.6 Å². The van der Waals surface area contributed by atoms with E-state index in [0.29, 0.717) is 5.82 Å². The van der Waals surface area contributed by atoms with E-state index in [2.05, 4.69) is 20.8 Å². The first kappa shape index (κ1) is 12.3. The van der Waals surface area contributed by atoms with Crippen molar-refractivity contribution in [2.75, 3.05) is 26.0 Å². The van der Waals surface area contributed by atoms with E-state index in [4.69, 9.17) is 0 Å². The lowest BCUT2D eigenvalue weighted by Crippen LogP contribution is -2.31. The van der Waals surface area contributed by atoms with Crippen molar-refractivity contribution in [3.8, 4) is 0 Å². The van der Waals surface area contributed by atoms with Crippen LogP contribution in [0.2, 0.25) is 0 Å². The lowest BCUT2D eigenvalue weighted by atomic mass is 10.2. The Morgan fingerprint density at radius 3 is 2.72 bits per heavy atom. The number of nitrogens with zero attached hydrogens (tertiary/aromatic N) is 3. The van der Waals surface area contributed by atoms with Gasteiger partial charge in [0.1, 0.15) is 11.9 Å². The summed E-state index contributed by atoms with van der Waals surface area (Å²) in [5.41, 5.74) is 0.248. The van der Waals surface area contributed by atoms with Crippen LogP contribution in [0.5, 0.6) is 0 Å². The van der Waals surface area contributed by atoms with Crippen LogP contribution < -0.4 is 10.6 Å². The van der Waals surface area contributed by atoms with Crippen LogP contribution in [0, 0.1) is 0 Å². The van der Waals surface area contributed by atoms with Crippen molar-refractivity contribution in [2.45, 2.75) is 12.5 Å². The zero-order chi connectivity index (χ0) is 13.1. The van der Waals surface area contributed by atoms with Crippen molar-refractivity contribution in [3.05, 3.63) is 17.8 Å². The lowest BCUT2D eigenvalue weighted by Gasteiger charge is -2.12. The first-order valence-electron chi connectivity index (χ1n) is 5.69. The predicted molar refractivity (Wildman–Crippen MR) is 65.1 cm³/mol. The summed E-state index contributed by atoms with van der Waals surface area (Å²) in [6.07, 6.45) is 0.744. The fourth-order valence-corrected chi connectivity index (χ4v) is 1.79. The number of carbonyl (C=O) groups is 2. The summed E-state index contributed by atoms with van der Waals surface area (Å²) < 4.78 is 0. The van der Waals surface area contributed by atoms with E-state index in [1.54, 1.807) is 24.1 Å². The number of rotatable bonds is 3. The number of likely N-dealkylation sites (N-methyl/N-ethyl adjacent to an activating group) is 1. The molecule has 0 aliphatic carbocycles. The van der Waals surface area contributed by atoms with E-state index >= 15 is 0 Å². The van der Waals surface area contributed by atoms with Gasteiger partial charge in [-0.15, -0.1) is 10.2 Å². The number of aromatic nitrogens is 2. The van der Waals surface area contributed by atoms with Gasteiger partial charge in [-0.3, -0.25) is 9.59 Å². The average Bonchev–Trinajstić information content (AvgIpc) is 2.71. The van der Waals surface area contributed by atoms with Crippen molar-refractivity contribution >= 4 is 17.6 Å². The van der Waals surface area contributed by atoms with E-state index in [1.807, 2.05) is 0 Å². The van der Waals surface area contributed by atoms with Crippen LogP contribution in [0.25, 0.3) is 0 Å². The summed E-state index contributed by atoms with van der Waals surface area (Å²) in [5, 5.41) is 13.1. The molecule has 0 bridgehead atoms. The highest BCUT2D eigenvalue weighted by atomic mass is 16.2. The van der Waals surface area contributed by atoms with Gasteiger partial charge >= 0.3 is 0 Å². The molecule has 1 saturated heterocycles. The van der Waals surface area contributed by atoms with Gasteiger partial charge in [0.15, 0.2) is 5.69 Å². The van der Waals surface area contributed by atoms with Crippen LogP contribution in [0.1, 0.15) is 16.9 Å². The number of hydrogen-bond acceptors (Lipinski definition) is 5. The number of likely N-dealkylation sites (tertiary alicyclic amines) is 1. The van der Waals surface area contributed by atoms with Crippen LogP contribution in [0.15, 0.2) is 12.1 Å². The average molecular weight is 249 g/mol. The smallest absolute Gasteiger partial charge is 0.271 e. The van der Waals surface area contributed by atoms with Gasteiger partial charge in [-0.25, -0.2) is 0 Å². The molecule has 0 saturated carbocycles. The van der Waals surface area contributed by atoms with E-state index in [1.165, 1.54) is 7.05 Å². The minimum Gasteiger partial charge on any atom is -0.357 e. The topological polar surface area (TPSA) is 87.2 Å². The molecule has 1 aromatic rings. The first-order chi connectivity index (χ1) is 8.61. The Hall–Kier alpha value is -2.18. The summed E-state index contributed by atoms with van der Waals surface area (Å²) in [4.78, 5) is 24.6. The zero-order valence-corrected chi connectivity index (χ0v) is 10.3. The number of amides is 2. The largest absolute Gasteiger partial charge is 0.357 e. The van der Waals surface area contributed by atoms with Crippen molar-refractivity contribution in [1.29, 1.82) is 0 Å². The van der Waals surface area contributed by atoms with Gasteiger partial charge < -0.3 is 15.5 Å². The Bertz CT molecular complexity index is 459. The first-order valence-corrected chi connectivity index (χ1v) is 5.69. The predicted octanol–water partition coefficient (Wildman–Crippen LogP) is -0.521. The van der Waals surface area contributed by atoms with E-state index < -0.39 is 0 Å². The minimum atomic E-state index is -0.286. The van der Waals surface area contributed by atoms with Gasteiger partial charge in [0.2, 0.25) is 5.91 Å². The summed E-state index contributed by atoms with van der Waals surface area (Å²) in [7, 11) is 3.30. The van der Waals surface area contributed by atoms with E-state index in [0.717, 1.165) is 13.0 Å². The van der Waals surface area contributed by atoms with Gasteiger partial charge in [0, 0.05) is 20.6 Å². The van der Waals surface area contributed by atoms with Crippen molar-refractivity contribution in [2.24, 2.45) is 0 Å². The lowest BCUT2D eigenvalue weighted by molar-refractivity contribution is -0.127. The number of carbonyl (C=O) groups excluding carboxylic acids is 2. The van der Waals surface area contributed by atoms with Crippen LogP contribution in [0.4, 0.5) is 5.82 Å². The maximum absolute atomic E-state index is 11.7. The Balaban J connectivity index is 2.03. The molecule has 7 nitrogen and oxygen atoms in total. The molecule has 1 atom stereocenters. The zero-order valence-electron chi connectivity index (χ0n) is 10.3. The Kier molecular flexibility index (Phi) is 3.40. The molecule has 0 aromatic carbocycles. The second-order valence-corrected chi connectivity index (χ2v) is 4.13. The van der Waals surface area contributed by atoms with Crippen molar-refractivity contribution in [1.82, 2.24) is 20.4 Å². The third-order valence-corrected chi connectivity index (χ3v) is 2.87. The monoisotopic (exact) mass is 249 g/mol. The fourth-order valence-electron chi connectivity index (χ4n) is 1.79. The third kappa shape index (κ3) is 2.39. The molecule has 2 amide bonds. The van der Waals surface area contributed by atoms with Gasteiger partial charge in [-0.2, -0.15) is 0 Å². The molecule has 2 heterocycles. The van der Waals surface area contributed by atoms with Crippen LogP contribution >= 0.6 is 0 Å². The second kappa shape index (κ2) is 4.99.